The van der Waals surface area contributed by atoms with E-state index in [1.165, 1.54) is 0 Å². The molecule has 2 aliphatic rings. The first-order valence-electron chi connectivity index (χ1n) is 7.40. The standard InChI is InChI=1S/C18H14N2O3/c1-10-5-6-11(9-19)14-13-7-8-23-18(17(21)22,12-3-2-4-12)16(13)20-15(10)14/h2-6,20H,7-8H2,1H3,(H,21,22). The molecule has 4 rings (SSSR count). The number of aromatic nitrogens is 1. The summed E-state index contributed by atoms with van der Waals surface area (Å²) in [5.41, 5.74) is 2.86. The fourth-order valence-electron chi connectivity index (χ4n) is 3.48. The van der Waals surface area contributed by atoms with E-state index in [9.17, 15) is 15.2 Å². The van der Waals surface area contributed by atoms with Crippen molar-refractivity contribution in [3.05, 3.63) is 58.3 Å². The van der Waals surface area contributed by atoms with Gasteiger partial charge in [0.1, 0.15) is 0 Å². The van der Waals surface area contributed by atoms with Gasteiger partial charge in [-0.15, -0.1) is 0 Å². The minimum absolute atomic E-state index is 0.302. The largest absolute Gasteiger partial charge is 0.479 e. The second-order valence-electron chi connectivity index (χ2n) is 5.84. The zero-order valence-corrected chi connectivity index (χ0v) is 12.5. The number of aliphatic carboxylic acids is 1. The number of fused-ring (bicyclic) bond motifs is 3. The maximum atomic E-state index is 12.1. The molecule has 1 unspecified atom stereocenters. The Bertz CT molecular complexity index is 959. The molecule has 0 spiro atoms. The highest BCUT2D eigenvalue weighted by atomic mass is 16.5. The van der Waals surface area contributed by atoms with Crippen molar-refractivity contribution in [2.24, 2.45) is 0 Å². The van der Waals surface area contributed by atoms with E-state index in [2.05, 4.69) is 11.1 Å². The van der Waals surface area contributed by atoms with Crippen molar-refractivity contribution in [2.75, 3.05) is 6.61 Å². The summed E-state index contributed by atoms with van der Waals surface area (Å²) in [5.74, 6) is -1.04. The molecular formula is C18H14N2O3. The van der Waals surface area contributed by atoms with Crippen molar-refractivity contribution in [3.8, 4) is 6.07 Å². The van der Waals surface area contributed by atoms with E-state index in [0.717, 1.165) is 22.0 Å². The number of aromatic amines is 1. The highest BCUT2D eigenvalue weighted by Gasteiger charge is 2.50. The van der Waals surface area contributed by atoms with Crippen LogP contribution in [0.4, 0.5) is 0 Å². The number of carboxylic acids is 1. The minimum atomic E-state index is -1.51. The Morgan fingerprint density at radius 1 is 1.48 bits per heavy atom. The lowest BCUT2D eigenvalue weighted by molar-refractivity contribution is -0.163. The summed E-state index contributed by atoms with van der Waals surface area (Å²) in [4.78, 5) is 15.4. The number of hydrogen-bond acceptors (Lipinski definition) is 3. The first-order chi connectivity index (χ1) is 11.1. The van der Waals surface area contributed by atoms with Crippen LogP contribution in [0.3, 0.4) is 0 Å². The molecule has 2 aromatic rings. The van der Waals surface area contributed by atoms with E-state index in [4.69, 9.17) is 4.74 Å². The second kappa shape index (κ2) is 4.58. The van der Waals surface area contributed by atoms with Gasteiger partial charge in [0.25, 0.3) is 0 Å². The highest BCUT2D eigenvalue weighted by Crippen LogP contribution is 2.45. The number of nitriles is 1. The van der Waals surface area contributed by atoms with Gasteiger partial charge >= 0.3 is 5.97 Å². The average Bonchev–Trinajstić information content (AvgIpc) is 2.88. The molecule has 5 nitrogen and oxygen atoms in total. The molecule has 2 heterocycles. The third kappa shape index (κ3) is 1.61. The number of carbonyl (C=O) groups is 1. The lowest BCUT2D eigenvalue weighted by atomic mass is 9.81. The number of rotatable bonds is 2. The zero-order valence-electron chi connectivity index (χ0n) is 12.5. The maximum absolute atomic E-state index is 12.1. The molecule has 1 aromatic carbocycles. The summed E-state index contributed by atoms with van der Waals surface area (Å²) in [6, 6.07) is 5.86. The molecule has 0 fully saturated rings. The van der Waals surface area contributed by atoms with Crippen molar-refractivity contribution in [3.63, 3.8) is 0 Å². The molecule has 1 aromatic heterocycles. The second-order valence-corrected chi connectivity index (χ2v) is 5.84. The van der Waals surface area contributed by atoms with E-state index < -0.39 is 11.6 Å². The van der Waals surface area contributed by atoms with Crippen molar-refractivity contribution >= 4 is 16.9 Å². The van der Waals surface area contributed by atoms with Gasteiger partial charge in [-0.3, -0.25) is 0 Å². The van der Waals surface area contributed by atoms with E-state index >= 15 is 0 Å². The topological polar surface area (TPSA) is 86.1 Å². The molecule has 1 aliphatic heterocycles. The lowest BCUT2D eigenvalue weighted by Crippen LogP contribution is -2.45. The molecule has 1 aliphatic carbocycles. The summed E-state index contributed by atoms with van der Waals surface area (Å²) in [7, 11) is 0. The van der Waals surface area contributed by atoms with Gasteiger partial charge in [-0.25, -0.2) is 4.79 Å². The van der Waals surface area contributed by atoms with Gasteiger partial charge in [0.2, 0.25) is 5.60 Å². The number of H-pyrrole nitrogens is 1. The van der Waals surface area contributed by atoms with Gasteiger partial charge in [-0.2, -0.15) is 5.26 Å². The molecule has 23 heavy (non-hydrogen) atoms. The first-order valence-corrected chi connectivity index (χ1v) is 7.40. The van der Waals surface area contributed by atoms with E-state index in [0.29, 0.717) is 29.9 Å². The summed E-state index contributed by atoms with van der Waals surface area (Å²) >= 11 is 0. The van der Waals surface area contributed by atoms with Gasteiger partial charge in [0.15, 0.2) is 0 Å². The predicted molar refractivity (Wildman–Crippen MR) is 83.9 cm³/mol. The van der Waals surface area contributed by atoms with Crippen LogP contribution in [-0.4, -0.2) is 22.7 Å². The summed E-state index contributed by atoms with van der Waals surface area (Å²) < 4.78 is 5.77. The SMILES string of the molecule is Cc1ccc(C#N)c2c3c([nH]c12)C(C(=O)O)(C1=CC=C1)OCC3. The maximum Gasteiger partial charge on any atom is 0.347 e. The molecule has 0 amide bonds. The average molecular weight is 306 g/mol. The van der Waals surface area contributed by atoms with Crippen molar-refractivity contribution in [1.82, 2.24) is 4.98 Å². The zero-order chi connectivity index (χ0) is 16.2. The van der Waals surface area contributed by atoms with Crippen LogP contribution in [-0.2, 0) is 21.6 Å². The van der Waals surface area contributed by atoms with Crippen LogP contribution >= 0.6 is 0 Å². The summed E-state index contributed by atoms with van der Waals surface area (Å²) in [6.45, 7) is 2.24. The Kier molecular flexibility index (Phi) is 2.75. The van der Waals surface area contributed by atoms with Gasteiger partial charge in [-0.05, 0) is 30.5 Å². The van der Waals surface area contributed by atoms with Crippen LogP contribution < -0.4 is 0 Å². The normalized spacial score (nSPS) is 22.2. The molecule has 0 bridgehead atoms. The Labute approximate surface area is 132 Å². The van der Waals surface area contributed by atoms with Crippen LogP contribution in [0.1, 0.15) is 22.4 Å². The van der Waals surface area contributed by atoms with Crippen LogP contribution in [0.5, 0.6) is 0 Å². The Hall–Kier alpha value is -2.84. The van der Waals surface area contributed by atoms with Crippen LogP contribution in [0.25, 0.3) is 10.9 Å². The third-order valence-corrected chi connectivity index (χ3v) is 4.67. The molecule has 0 saturated heterocycles. The summed E-state index contributed by atoms with van der Waals surface area (Å²) in [6.07, 6.45) is 5.89. The Balaban J connectivity index is 2.10. The fourth-order valence-corrected chi connectivity index (χ4v) is 3.48. The van der Waals surface area contributed by atoms with Crippen LogP contribution in [0.15, 0.2) is 35.9 Å². The number of allylic oxidation sites excluding steroid dienone is 2. The van der Waals surface area contributed by atoms with Gasteiger partial charge in [0, 0.05) is 11.0 Å². The molecule has 0 saturated carbocycles. The van der Waals surface area contributed by atoms with Gasteiger partial charge in [0.05, 0.1) is 29.5 Å². The molecule has 5 heteroatoms. The quantitative estimate of drug-likeness (QED) is 0.893. The minimum Gasteiger partial charge on any atom is -0.479 e. The van der Waals surface area contributed by atoms with Gasteiger partial charge in [-0.1, -0.05) is 24.3 Å². The van der Waals surface area contributed by atoms with Gasteiger partial charge < -0.3 is 14.8 Å². The molecular weight excluding hydrogens is 292 g/mol. The van der Waals surface area contributed by atoms with E-state index in [-0.39, 0.29) is 0 Å². The number of hydrogen-bond donors (Lipinski definition) is 2. The number of benzene rings is 1. The van der Waals surface area contributed by atoms with Crippen molar-refractivity contribution < 1.29 is 14.6 Å². The monoisotopic (exact) mass is 306 g/mol. The molecule has 2 N–H and O–H groups in total. The Morgan fingerprint density at radius 2 is 2.26 bits per heavy atom. The molecule has 114 valence electrons. The highest BCUT2D eigenvalue weighted by molar-refractivity contribution is 5.96. The number of ether oxygens (including phenoxy) is 1. The predicted octanol–water partition coefficient (Wildman–Crippen LogP) is 2.70. The number of nitrogens with zero attached hydrogens (tertiary/aromatic N) is 1. The lowest BCUT2D eigenvalue weighted by Gasteiger charge is -2.36. The number of carboxylic acid groups (broad SMARTS) is 1. The van der Waals surface area contributed by atoms with Crippen molar-refractivity contribution in [1.29, 1.82) is 5.26 Å². The number of nitrogens with one attached hydrogen (secondary N) is 1. The van der Waals surface area contributed by atoms with E-state index in [1.807, 2.05) is 13.0 Å². The van der Waals surface area contributed by atoms with E-state index in [1.54, 1.807) is 24.3 Å². The molecule has 0 radical (unpaired) electrons. The third-order valence-electron chi connectivity index (χ3n) is 4.67. The summed E-state index contributed by atoms with van der Waals surface area (Å²) in [5, 5.41) is 20.1. The number of aryl methyl sites for hydroxylation is 1. The van der Waals surface area contributed by atoms with Crippen LogP contribution in [0, 0.1) is 18.3 Å². The Morgan fingerprint density at radius 3 is 2.87 bits per heavy atom. The van der Waals surface area contributed by atoms with Crippen LogP contribution in [0.2, 0.25) is 0 Å². The first kappa shape index (κ1) is 13.8. The molecule has 1 atom stereocenters. The fraction of sp³-hybridized carbons (Fsp3) is 0.222. The smallest absolute Gasteiger partial charge is 0.347 e. The van der Waals surface area contributed by atoms with Crippen molar-refractivity contribution in [2.45, 2.75) is 18.9 Å².